The third kappa shape index (κ3) is 5.48. The van der Waals surface area contributed by atoms with E-state index in [9.17, 15) is 14.0 Å². The lowest BCUT2D eigenvalue weighted by molar-refractivity contribution is 0.0525. The molecule has 0 amide bonds. The normalized spacial score (nSPS) is 20.8. The van der Waals surface area contributed by atoms with E-state index in [2.05, 4.69) is 26.7 Å². The van der Waals surface area contributed by atoms with Gasteiger partial charge in [0.05, 0.1) is 23.6 Å². The van der Waals surface area contributed by atoms with Crippen LogP contribution in [0.15, 0.2) is 29.4 Å². The van der Waals surface area contributed by atoms with Gasteiger partial charge in [-0.15, -0.1) is 10.2 Å². The number of esters is 1. The molecule has 0 radical (unpaired) electrons. The zero-order valence-electron chi connectivity index (χ0n) is 22.8. The minimum atomic E-state index is -0.436. The summed E-state index contributed by atoms with van der Waals surface area (Å²) in [6.07, 6.45) is 5.00. The number of carbonyl (C=O) groups excluding carboxylic acids is 2. The van der Waals surface area contributed by atoms with Gasteiger partial charge in [-0.3, -0.25) is 9.36 Å². The van der Waals surface area contributed by atoms with Crippen molar-refractivity contribution in [1.29, 1.82) is 0 Å². The van der Waals surface area contributed by atoms with Gasteiger partial charge < -0.3 is 14.5 Å². The summed E-state index contributed by atoms with van der Waals surface area (Å²) in [5.41, 5.74) is 2.01. The van der Waals surface area contributed by atoms with Crippen molar-refractivity contribution in [3.63, 3.8) is 0 Å². The standard InChI is InChI=1S/C29H35FN4O4S/c1-5-37-28(36)26-16(2)27(31-17(26)3)23(35)15-39-29-33-32-25(14-38-24-9-7-6-8-22(24)30)34(29)18(4)21-13-19-10-11-20(21)12-19/h6-9,18-21,31H,5,10-15H2,1-4H3/t18-,19+,20+,21-/m1/s1. The lowest BCUT2D eigenvalue weighted by Gasteiger charge is -2.30. The fourth-order valence-corrected chi connectivity index (χ4v) is 7.35. The van der Waals surface area contributed by atoms with Crippen molar-refractivity contribution in [2.24, 2.45) is 17.8 Å². The fraction of sp³-hybridized carbons (Fsp3) is 0.517. The van der Waals surface area contributed by atoms with Crippen molar-refractivity contribution in [2.45, 2.75) is 71.2 Å². The van der Waals surface area contributed by atoms with E-state index in [1.165, 1.54) is 43.5 Å². The third-order valence-corrected chi connectivity index (χ3v) is 9.22. The van der Waals surface area contributed by atoms with E-state index in [1.54, 1.807) is 39.0 Å². The monoisotopic (exact) mass is 554 g/mol. The zero-order valence-corrected chi connectivity index (χ0v) is 23.6. The summed E-state index contributed by atoms with van der Waals surface area (Å²) in [7, 11) is 0. The van der Waals surface area contributed by atoms with Crippen LogP contribution in [0.4, 0.5) is 4.39 Å². The second-order valence-electron chi connectivity index (χ2n) is 10.6. The number of aryl methyl sites for hydroxylation is 1. The van der Waals surface area contributed by atoms with E-state index < -0.39 is 11.8 Å². The molecule has 4 atom stereocenters. The number of carbonyl (C=O) groups is 2. The summed E-state index contributed by atoms with van der Waals surface area (Å²) in [5.74, 6) is 1.86. The number of para-hydroxylation sites is 1. The first-order valence-corrected chi connectivity index (χ1v) is 14.6. The number of benzene rings is 1. The number of nitrogens with one attached hydrogen (secondary N) is 1. The van der Waals surface area contributed by atoms with Crippen LogP contribution in [0.5, 0.6) is 5.75 Å². The van der Waals surface area contributed by atoms with E-state index in [0.717, 1.165) is 5.92 Å². The highest BCUT2D eigenvalue weighted by Crippen LogP contribution is 2.52. The molecule has 2 aromatic heterocycles. The molecule has 0 aliphatic heterocycles. The average molecular weight is 555 g/mol. The fourth-order valence-electron chi connectivity index (χ4n) is 6.43. The summed E-state index contributed by atoms with van der Waals surface area (Å²) in [6.45, 7) is 7.80. The Morgan fingerprint density at radius 1 is 1.21 bits per heavy atom. The number of thioether (sulfide) groups is 1. The van der Waals surface area contributed by atoms with E-state index in [0.29, 0.717) is 45.3 Å². The Morgan fingerprint density at radius 3 is 2.69 bits per heavy atom. The maximum atomic E-state index is 14.2. The number of nitrogens with zero attached hydrogens (tertiary/aromatic N) is 3. The highest BCUT2D eigenvalue weighted by atomic mass is 32.2. The Morgan fingerprint density at radius 2 is 2.00 bits per heavy atom. The minimum absolute atomic E-state index is 0.0748. The Bertz CT molecular complexity index is 1370. The summed E-state index contributed by atoms with van der Waals surface area (Å²) in [6, 6.07) is 6.43. The van der Waals surface area contributed by atoms with Crippen LogP contribution < -0.4 is 4.74 Å². The Hall–Kier alpha value is -3.14. The minimum Gasteiger partial charge on any atom is -0.483 e. The molecular weight excluding hydrogens is 519 g/mol. The molecule has 8 nitrogen and oxygen atoms in total. The van der Waals surface area contributed by atoms with Crippen LogP contribution in [-0.4, -0.2) is 43.9 Å². The number of Topliss-reactive ketones (excluding diaryl/α,β-unsaturated/α-hetero) is 1. The number of rotatable bonds is 11. The number of fused-ring (bicyclic) bond motifs is 2. The lowest BCUT2D eigenvalue weighted by Crippen LogP contribution is -2.24. The summed E-state index contributed by atoms with van der Waals surface area (Å²) in [5, 5.41) is 9.48. The predicted molar refractivity (Wildman–Crippen MR) is 146 cm³/mol. The van der Waals surface area contributed by atoms with E-state index >= 15 is 0 Å². The Balaban J connectivity index is 1.36. The molecule has 5 rings (SSSR count). The summed E-state index contributed by atoms with van der Waals surface area (Å²) < 4.78 is 27.2. The molecule has 2 aliphatic carbocycles. The van der Waals surface area contributed by atoms with Crippen molar-refractivity contribution in [1.82, 2.24) is 19.7 Å². The van der Waals surface area contributed by atoms with Crippen LogP contribution in [0.3, 0.4) is 0 Å². The van der Waals surface area contributed by atoms with Gasteiger partial charge in [-0.1, -0.05) is 30.3 Å². The van der Waals surface area contributed by atoms with Crippen LogP contribution in [0.1, 0.15) is 83.5 Å². The molecule has 2 heterocycles. The van der Waals surface area contributed by atoms with Crippen LogP contribution in [0.25, 0.3) is 0 Å². The largest absolute Gasteiger partial charge is 0.483 e. The van der Waals surface area contributed by atoms with Gasteiger partial charge in [0.15, 0.2) is 28.3 Å². The molecule has 2 fully saturated rings. The molecule has 39 heavy (non-hydrogen) atoms. The average Bonchev–Trinajstić information content (AvgIpc) is 3.70. The maximum absolute atomic E-state index is 14.2. The third-order valence-electron chi connectivity index (χ3n) is 8.28. The van der Waals surface area contributed by atoms with Gasteiger partial charge in [-0.2, -0.15) is 0 Å². The smallest absolute Gasteiger partial charge is 0.340 e. The van der Waals surface area contributed by atoms with Gasteiger partial charge in [-0.05, 0) is 82.4 Å². The van der Waals surface area contributed by atoms with Crippen molar-refractivity contribution in [2.75, 3.05) is 12.4 Å². The number of hydrogen-bond donors (Lipinski definition) is 1. The molecule has 2 bridgehead atoms. The number of ketones is 1. The highest BCUT2D eigenvalue weighted by Gasteiger charge is 2.43. The predicted octanol–water partition coefficient (Wildman–Crippen LogP) is 6.09. The van der Waals surface area contributed by atoms with Gasteiger partial charge in [0.2, 0.25) is 0 Å². The number of aromatic nitrogens is 4. The molecule has 2 saturated carbocycles. The lowest BCUT2D eigenvalue weighted by atomic mass is 9.84. The molecule has 10 heteroatoms. The molecule has 0 saturated heterocycles. The molecule has 3 aromatic rings. The van der Waals surface area contributed by atoms with Crippen LogP contribution in [0, 0.1) is 37.4 Å². The molecule has 2 aliphatic rings. The number of halogens is 1. The van der Waals surface area contributed by atoms with E-state index in [1.807, 2.05) is 0 Å². The van der Waals surface area contributed by atoms with Crippen LogP contribution in [-0.2, 0) is 11.3 Å². The second kappa shape index (κ2) is 11.5. The maximum Gasteiger partial charge on any atom is 0.340 e. The summed E-state index contributed by atoms with van der Waals surface area (Å²) >= 11 is 1.32. The van der Waals surface area contributed by atoms with Crippen molar-refractivity contribution in [3.05, 3.63) is 58.4 Å². The number of H-pyrrole nitrogens is 1. The molecule has 0 spiro atoms. The zero-order chi connectivity index (χ0) is 27.7. The van der Waals surface area contributed by atoms with Crippen molar-refractivity contribution in [3.8, 4) is 5.75 Å². The van der Waals surface area contributed by atoms with E-state index in [-0.39, 0.29) is 36.5 Å². The molecule has 1 N–H and O–H groups in total. The first-order valence-electron chi connectivity index (χ1n) is 13.6. The van der Waals surface area contributed by atoms with Crippen molar-refractivity contribution < 1.29 is 23.5 Å². The van der Waals surface area contributed by atoms with Gasteiger partial charge >= 0.3 is 5.97 Å². The first kappa shape index (κ1) is 27.4. The van der Waals surface area contributed by atoms with Crippen LogP contribution >= 0.6 is 11.8 Å². The van der Waals surface area contributed by atoms with Gasteiger partial charge in [0, 0.05) is 11.7 Å². The van der Waals surface area contributed by atoms with Gasteiger partial charge in [0.25, 0.3) is 0 Å². The topological polar surface area (TPSA) is 99.1 Å². The molecule has 0 unspecified atom stereocenters. The number of aromatic amines is 1. The van der Waals surface area contributed by atoms with E-state index in [4.69, 9.17) is 9.47 Å². The summed E-state index contributed by atoms with van der Waals surface area (Å²) in [4.78, 5) is 28.7. The quantitative estimate of drug-likeness (QED) is 0.174. The molecule has 208 valence electrons. The van der Waals surface area contributed by atoms with Crippen LogP contribution in [0.2, 0.25) is 0 Å². The molecule has 1 aromatic carbocycles. The van der Waals surface area contributed by atoms with Gasteiger partial charge in [0.1, 0.15) is 6.61 Å². The van der Waals surface area contributed by atoms with Crippen molar-refractivity contribution >= 4 is 23.5 Å². The number of ether oxygens (including phenoxy) is 2. The Labute approximate surface area is 232 Å². The second-order valence-corrected chi connectivity index (χ2v) is 11.6. The first-order chi connectivity index (χ1) is 18.8. The number of hydrogen-bond acceptors (Lipinski definition) is 7. The molecular formula is C29H35FN4O4S. The highest BCUT2D eigenvalue weighted by molar-refractivity contribution is 7.99. The van der Waals surface area contributed by atoms with Gasteiger partial charge in [-0.25, -0.2) is 9.18 Å². The SMILES string of the molecule is CCOC(=O)c1c(C)[nH]c(C(=O)CSc2nnc(COc3ccccc3F)n2[C@H](C)[C@H]2C[C@H]3CC[C@H]2C3)c1C. The Kier molecular flexibility index (Phi) is 8.11.